The molecule has 2 amide bonds. The van der Waals surface area contributed by atoms with Crippen molar-refractivity contribution < 1.29 is 9.59 Å². The molecule has 5 heteroatoms. The van der Waals surface area contributed by atoms with Gasteiger partial charge in [0.1, 0.15) is 0 Å². The number of carbonyl (C=O) groups excluding carboxylic acids is 2. The lowest BCUT2D eigenvalue weighted by Crippen LogP contribution is -2.48. The van der Waals surface area contributed by atoms with Gasteiger partial charge in [0.05, 0.1) is 0 Å². The minimum atomic E-state index is 0.0864. The van der Waals surface area contributed by atoms with Crippen molar-refractivity contribution in [1.82, 2.24) is 10.2 Å². The number of rotatable bonds is 6. The van der Waals surface area contributed by atoms with E-state index in [2.05, 4.69) is 17.4 Å². The van der Waals surface area contributed by atoms with E-state index in [1.54, 1.807) is 23.7 Å². The first-order chi connectivity index (χ1) is 10.1. The van der Waals surface area contributed by atoms with Crippen LogP contribution in [-0.2, 0) is 15.3 Å². The van der Waals surface area contributed by atoms with Gasteiger partial charge in [-0.3, -0.25) is 9.59 Å². The predicted molar refractivity (Wildman–Crippen MR) is 86.0 cm³/mol. The van der Waals surface area contributed by atoms with Gasteiger partial charge in [0.2, 0.25) is 11.8 Å². The second-order valence-corrected chi connectivity index (χ2v) is 6.47. The fraction of sp³-hybridized carbons (Fsp3) is 0.500. The smallest absolute Gasteiger partial charge is 0.222 e. The standard InChI is InChI=1S/C16H22N2O2S/c1-18-11-14(7-8-16(18)20)17-15(19)9-10-21-12-13-5-3-2-4-6-13/h2-6,14H,7-12H2,1H3,(H,17,19). The number of hydrogen-bond acceptors (Lipinski definition) is 3. The van der Waals surface area contributed by atoms with Crippen molar-refractivity contribution in [2.75, 3.05) is 19.3 Å². The topological polar surface area (TPSA) is 49.4 Å². The minimum Gasteiger partial charge on any atom is -0.352 e. The van der Waals surface area contributed by atoms with E-state index in [0.717, 1.165) is 17.9 Å². The van der Waals surface area contributed by atoms with Crippen molar-refractivity contribution in [3.8, 4) is 0 Å². The monoisotopic (exact) mass is 306 g/mol. The Morgan fingerprint density at radius 3 is 2.86 bits per heavy atom. The molecule has 2 rings (SSSR count). The van der Waals surface area contributed by atoms with E-state index in [0.29, 0.717) is 19.4 Å². The minimum absolute atomic E-state index is 0.0864. The maximum Gasteiger partial charge on any atom is 0.222 e. The molecule has 1 aromatic rings. The Kier molecular flexibility index (Phi) is 6.11. The van der Waals surface area contributed by atoms with Gasteiger partial charge in [-0.15, -0.1) is 0 Å². The van der Waals surface area contributed by atoms with Gasteiger partial charge in [0.15, 0.2) is 0 Å². The molecular weight excluding hydrogens is 284 g/mol. The molecule has 0 spiro atoms. The molecule has 114 valence electrons. The van der Waals surface area contributed by atoms with E-state index < -0.39 is 0 Å². The average molecular weight is 306 g/mol. The summed E-state index contributed by atoms with van der Waals surface area (Å²) in [5, 5.41) is 3.02. The fourth-order valence-corrected chi connectivity index (χ4v) is 3.26. The van der Waals surface area contributed by atoms with Crippen molar-refractivity contribution in [3.05, 3.63) is 35.9 Å². The van der Waals surface area contributed by atoms with E-state index in [-0.39, 0.29) is 17.9 Å². The Morgan fingerprint density at radius 2 is 2.14 bits per heavy atom. The SMILES string of the molecule is CN1CC(NC(=O)CCSCc2ccccc2)CCC1=O. The molecular formula is C16H22N2O2S. The van der Waals surface area contributed by atoms with Crippen LogP contribution in [0, 0.1) is 0 Å². The molecule has 1 aliphatic heterocycles. The predicted octanol–water partition coefficient (Wildman–Crippen LogP) is 2.05. The largest absolute Gasteiger partial charge is 0.352 e. The van der Waals surface area contributed by atoms with Crippen molar-refractivity contribution in [2.24, 2.45) is 0 Å². The van der Waals surface area contributed by atoms with Crippen molar-refractivity contribution in [2.45, 2.75) is 31.1 Å². The number of thioether (sulfide) groups is 1. The highest BCUT2D eigenvalue weighted by Gasteiger charge is 2.23. The normalized spacial score (nSPS) is 18.6. The number of nitrogens with one attached hydrogen (secondary N) is 1. The molecule has 0 aromatic heterocycles. The van der Waals surface area contributed by atoms with Crippen LogP contribution in [0.25, 0.3) is 0 Å². The molecule has 1 N–H and O–H groups in total. The summed E-state index contributed by atoms with van der Waals surface area (Å²) in [4.78, 5) is 25.0. The Balaban J connectivity index is 1.60. The summed E-state index contributed by atoms with van der Waals surface area (Å²) in [7, 11) is 1.79. The highest BCUT2D eigenvalue weighted by molar-refractivity contribution is 7.98. The molecule has 0 aliphatic carbocycles. The molecule has 0 bridgehead atoms. The van der Waals surface area contributed by atoms with Crippen LogP contribution in [0.1, 0.15) is 24.8 Å². The summed E-state index contributed by atoms with van der Waals surface area (Å²) in [6.07, 6.45) is 1.82. The maximum atomic E-state index is 11.9. The molecule has 1 atom stereocenters. The number of hydrogen-bond donors (Lipinski definition) is 1. The van der Waals surface area contributed by atoms with E-state index in [1.807, 2.05) is 18.2 Å². The first-order valence-corrected chi connectivity index (χ1v) is 8.45. The molecule has 4 nitrogen and oxygen atoms in total. The third-order valence-electron chi connectivity index (χ3n) is 3.58. The quantitative estimate of drug-likeness (QED) is 0.818. The average Bonchev–Trinajstić information content (AvgIpc) is 2.49. The van der Waals surface area contributed by atoms with E-state index >= 15 is 0 Å². The van der Waals surface area contributed by atoms with Gasteiger partial charge in [0, 0.05) is 44.0 Å². The van der Waals surface area contributed by atoms with Gasteiger partial charge in [-0.1, -0.05) is 30.3 Å². The zero-order valence-electron chi connectivity index (χ0n) is 12.4. The van der Waals surface area contributed by atoms with Crippen LogP contribution >= 0.6 is 11.8 Å². The van der Waals surface area contributed by atoms with Gasteiger partial charge in [-0.05, 0) is 12.0 Å². The maximum absolute atomic E-state index is 11.9. The molecule has 0 radical (unpaired) electrons. The van der Waals surface area contributed by atoms with Gasteiger partial charge in [-0.2, -0.15) is 11.8 Å². The summed E-state index contributed by atoms with van der Waals surface area (Å²) in [5.41, 5.74) is 1.29. The number of benzene rings is 1. The van der Waals surface area contributed by atoms with E-state index in [1.165, 1.54) is 5.56 Å². The number of likely N-dealkylation sites (N-methyl/N-ethyl adjacent to an activating group) is 1. The van der Waals surface area contributed by atoms with Crippen LogP contribution in [0.5, 0.6) is 0 Å². The van der Waals surface area contributed by atoms with Crippen molar-refractivity contribution >= 4 is 23.6 Å². The number of amides is 2. The van der Waals surface area contributed by atoms with Crippen LogP contribution in [0.4, 0.5) is 0 Å². The number of nitrogens with zero attached hydrogens (tertiary/aromatic N) is 1. The number of piperidine rings is 1. The molecule has 1 aromatic carbocycles. The fourth-order valence-electron chi connectivity index (χ4n) is 2.36. The third kappa shape index (κ3) is 5.42. The molecule has 1 heterocycles. The van der Waals surface area contributed by atoms with Crippen molar-refractivity contribution in [1.29, 1.82) is 0 Å². The summed E-state index contributed by atoms with van der Waals surface area (Å²) in [6, 6.07) is 10.4. The highest BCUT2D eigenvalue weighted by Crippen LogP contribution is 2.13. The van der Waals surface area contributed by atoms with E-state index in [9.17, 15) is 9.59 Å². The molecule has 0 saturated carbocycles. The molecule has 1 aliphatic rings. The van der Waals surface area contributed by atoms with Gasteiger partial charge >= 0.3 is 0 Å². The third-order valence-corrected chi connectivity index (χ3v) is 4.61. The Morgan fingerprint density at radius 1 is 1.38 bits per heavy atom. The second-order valence-electron chi connectivity index (χ2n) is 5.37. The van der Waals surface area contributed by atoms with Crippen LogP contribution in [0.3, 0.4) is 0 Å². The summed E-state index contributed by atoms with van der Waals surface area (Å²) in [5.74, 6) is 2.01. The van der Waals surface area contributed by atoms with Crippen molar-refractivity contribution in [3.63, 3.8) is 0 Å². The lowest BCUT2D eigenvalue weighted by atomic mass is 10.1. The highest BCUT2D eigenvalue weighted by atomic mass is 32.2. The van der Waals surface area contributed by atoms with Crippen LogP contribution in [0.2, 0.25) is 0 Å². The first-order valence-electron chi connectivity index (χ1n) is 7.30. The second kappa shape index (κ2) is 8.08. The van der Waals surface area contributed by atoms with Crippen LogP contribution in [-0.4, -0.2) is 42.1 Å². The zero-order chi connectivity index (χ0) is 15.1. The van der Waals surface area contributed by atoms with Gasteiger partial charge in [0.25, 0.3) is 0 Å². The van der Waals surface area contributed by atoms with E-state index in [4.69, 9.17) is 0 Å². The zero-order valence-corrected chi connectivity index (χ0v) is 13.2. The molecule has 1 unspecified atom stereocenters. The van der Waals surface area contributed by atoms with Gasteiger partial charge < -0.3 is 10.2 Å². The Labute approximate surface area is 130 Å². The van der Waals surface area contributed by atoms with Crippen LogP contribution < -0.4 is 5.32 Å². The summed E-state index contributed by atoms with van der Waals surface area (Å²) < 4.78 is 0. The molecule has 1 saturated heterocycles. The molecule has 21 heavy (non-hydrogen) atoms. The Bertz CT molecular complexity index is 478. The summed E-state index contributed by atoms with van der Waals surface area (Å²) in [6.45, 7) is 0.627. The lowest BCUT2D eigenvalue weighted by molar-refractivity contribution is -0.133. The number of carbonyl (C=O) groups is 2. The Hall–Kier alpha value is -1.49. The molecule has 1 fully saturated rings. The first kappa shape index (κ1) is 15.9. The summed E-state index contributed by atoms with van der Waals surface area (Å²) >= 11 is 1.77. The lowest BCUT2D eigenvalue weighted by Gasteiger charge is -2.30. The number of likely N-dealkylation sites (tertiary alicyclic amines) is 1. The van der Waals surface area contributed by atoms with Crippen LogP contribution in [0.15, 0.2) is 30.3 Å². The van der Waals surface area contributed by atoms with Gasteiger partial charge in [-0.25, -0.2) is 0 Å².